The van der Waals surface area contributed by atoms with E-state index in [9.17, 15) is 13.2 Å². The Bertz CT molecular complexity index is 671. The molecule has 0 bridgehead atoms. The molecule has 1 aliphatic carbocycles. The molecule has 6 nitrogen and oxygen atoms in total. The highest BCUT2D eigenvalue weighted by atomic mass is 35.5. The van der Waals surface area contributed by atoms with Gasteiger partial charge >= 0.3 is 0 Å². The first-order valence-electron chi connectivity index (χ1n) is 8.16. The van der Waals surface area contributed by atoms with Gasteiger partial charge in [0.2, 0.25) is 10.0 Å². The molecule has 3 N–H and O–H groups in total. The van der Waals surface area contributed by atoms with Crippen LogP contribution in [-0.4, -0.2) is 40.0 Å². The summed E-state index contributed by atoms with van der Waals surface area (Å²) in [6.07, 6.45) is 3.86. The Balaban J connectivity index is 0.00000208. The SMILES string of the molecule is Cl.O=C(NCCC1CCNC1)c1cccc(S(=O)(=O)NC2CC2)c1. The van der Waals surface area contributed by atoms with Gasteiger partial charge in [0.1, 0.15) is 0 Å². The summed E-state index contributed by atoms with van der Waals surface area (Å²) in [5, 5.41) is 6.18. The van der Waals surface area contributed by atoms with Gasteiger partial charge in [-0.2, -0.15) is 0 Å². The molecule has 1 atom stereocenters. The molecule has 1 saturated carbocycles. The highest BCUT2D eigenvalue weighted by Gasteiger charge is 2.28. The van der Waals surface area contributed by atoms with Crippen molar-refractivity contribution in [2.75, 3.05) is 19.6 Å². The number of carbonyl (C=O) groups excluding carboxylic acids is 1. The lowest BCUT2D eigenvalue weighted by Crippen LogP contribution is -2.28. The summed E-state index contributed by atoms with van der Waals surface area (Å²) < 4.78 is 27.0. The van der Waals surface area contributed by atoms with E-state index in [2.05, 4.69) is 15.4 Å². The lowest BCUT2D eigenvalue weighted by Gasteiger charge is -2.10. The molecule has 3 rings (SSSR count). The molecule has 0 spiro atoms. The van der Waals surface area contributed by atoms with Crippen molar-refractivity contribution in [2.45, 2.75) is 36.6 Å². The summed E-state index contributed by atoms with van der Waals surface area (Å²) in [6.45, 7) is 2.67. The first-order valence-corrected chi connectivity index (χ1v) is 9.64. The van der Waals surface area contributed by atoms with E-state index in [-0.39, 0.29) is 29.3 Å². The molecule has 1 heterocycles. The Kier molecular flexibility index (Phi) is 6.62. The summed E-state index contributed by atoms with van der Waals surface area (Å²) in [4.78, 5) is 12.3. The molecule has 8 heteroatoms. The van der Waals surface area contributed by atoms with Crippen molar-refractivity contribution in [2.24, 2.45) is 5.92 Å². The molecule has 1 aliphatic heterocycles. The number of nitrogens with one attached hydrogen (secondary N) is 3. The van der Waals surface area contributed by atoms with Crippen LogP contribution >= 0.6 is 12.4 Å². The zero-order valence-corrected chi connectivity index (χ0v) is 15.1. The second-order valence-electron chi connectivity index (χ2n) is 6.33. The Morgan fingerprint density at radius 1 is 1.25 bits per heavy atom. The molecule has 0 aromatic heterocycles. The summed E-state index contributed by atoms with van der Waals surface area (Å²) >= 11 is 0. The fourth-order valence-electron chi connectivity index (χ4n) is 2.75. The first kappa shape index (κ1) is 19.2. The Hall–Kier alpha value is -1.15. The molecule has 134 valence electrons. The maximum atomic E-state index is 12.2. The van der Waals surface area contributed by atoms with Crippen molar-refractivity contribution < 1.29 is 13.2 Å². The van der Waals surface area contributed by atoms with Crippen molar-refractivity contribution in [1.29, 1.82) is 0 Å². The second-order valence-corrected chi connectivity index (χ2v) is 8.04. The largest absolute Gasteiger partial charge is 0.352 e. The first-order chi connectivity index (χ1) is 11.0. The summed E-state index contributed by atoms with van der Waals surface area (Å²) in [6, 6.07) is 6.26. The van der Waals surface area contributed by atoms with E-state index in [0.717, 1.165) is 38.8 Å². The number of amides is 1. The zero-order chi connectivity index (χ0) is 16.3. The Morgan fingerprint density at radius 2 is 2.04 bits per heavy atom. The molecule has 1 aromatic carbocycles. The van der Waals surface area contributed by atoms with Gasteiger partial charge in [-0.15, -0.1) is 12.4 Å². The topological polar surface area (TPSA) is 87.3 Å². The van der Waals surface area contributed by atoms with E-state index in [0.29, 0.717) is 18.0 Å². The van der Waals surface area contributed by atoms with Crippen molar-refractivity contribution >= 4 is 28.3 Å². The van der Waals surface area contributed by atoms with Crippen molar-refractivity contribution in [3.05, 3.63) is 29.8 Å². The quantitative estimate of drug-likeness (QED) is 0.671. The highest BCUT2D eigenvalue weighted by Crippen LogP contribution is 2.22. The van der Waals surface area contributed by atoms with E-state index in [4.69, 9.17) is 0 Å². The predicted octanol–water partition coefficient (Wildman–Crippen LogP) is 1.28. The lowest BCUT2D eigenvalue weighted by atomic mass is 10.1. The van der Waals surface area contributed by atoms with Gasteiger partial charge in [-0.1, -0.05) is 6.07 Å². The van der Waals surface area contributed by atoms with Gasteiger partial charge in [0, 0.05) is 18.2 Å². The minimum atomic E-state index is -3.52. The van der Waals surface area contributed by atoms with Gasteiger partial charge < -0.3 is 10.6 Å². The third-order valence-corrected chi connectivity index (χ3v) is 5.82. The molecule has 24 heavy (non-hydrogen) atoms. The molecule has 2 aliphatic rings. The number of benzene rings is 1. The van der Waals surface area contributed by atoms with Gasteiger partial charge in [-0.25, -0.2) is 13.1 Å². The van der Waals surface area contributed by atoms with Gasteiger partial charge in [0.15, 0.2) is 0 Å². The van der Waals surface area contributed by atoms with Crippen molar-refractivity contribution in [3.8, 4) is 0 Å². The summed E-state index contributed by atoms with van der Waals surface area (Å²) in [5.41, 5.74) is 0.383. The van der Waals surface area contributed by atoms with Crippen molar-refractivity contribution in [3.63, 3.8) is 0 Å². The van der Waals surface area contributed by atoms with Gasteiger partial charge in [0.05, 0.1) is 4.90 Å². The van der Waals surface area contributed by atoms with E-state index in [1.165, 1.54) is 12.1 Å². The van der Waals surface area contributed by atoms with Crippen LogP contribution in [0.3, 0.4) is 0 Å². The van der Waals surface area contributed by atoms with E-state index in [1.54, 1.807) is 12.1 Å². The van der Waals surface area contributed by atoms with Crippen molar-refractivity contribution in [1.82, 2.24) is 15.4 Å². The standard InChI is InChI=1S/C16H23N3O3S.ClH/c20-16(18-9-7-12-6-8-17-11-12)13-2-1-3-15(10-13)23(21,22)19-14-4-5-14;/h1-3,10,12,14,17,19H,4-9,11H2,(H,18,20);1H. The van der Waals surface area contributed by atoms with Crippen LogP contribution in [0.15, 0.2) is 29.2 Å². The molecular weight excluding hydrogens is 350 g/mol. The van der Waals surface area contributed by atoms with Gasteiger partial charge in [-0.3, -0.25) is 4.79 Å². The number of sulfonamides is 1. The maximum absolute atomic E-state index is 12.2. The maximum Gasteiger partial charge on any atom is 0.251 e. The number of rotatable bonds is 7. The summed E-state index contributed by atoms with van der Waals surface area (Å²) in [5.74, 6) is 0.393. The lowest BCUT2D eigenvalue weighted by molar-refractivity contribution is 0.0951. The molecule has 1 aromatic rings. The van der Waals surface area contributed by atoms with Crippen LogP contribution in [0, 0.1) is 5.92 Å². The normalized spacial score (nSPS) is 20.4. The fourth-order valence-corrected chi connectivity index (χ4v) is 4.10. The van der Waals surface area contributed by atoms with Crippen LogP contribution in [0.5, 0.6) is 0 Å². The molecule has 1 amide bonds. The van der Waals surface area contributed by atoms with Crippen LogP contribution in [0.4, 0.5) is 0 Å². The average Bonchev–Trinajstić information content (AvgIpc) is 3.18. The molecule has 1 unspecified atom stereocenters. The average molecular weight is 374 g/mol. The molecular formula is C16H24ClN3O3S. The number of hydrogen-bond acceptors (Lipinski definition) is 4. The fraction of sp³-hybridized carbons (Fsp3) is 0.562. The van der Waals surface area contributed by atoms with Gasteiger partial charge in [0.25, 0.3) is 5.91 Å². The monoisotopic (exact) mass is 373 g/mol. The van der Waals surface area contributed by atoms with Crippen LogP contribution in [-0.2, 0) is 10.0 Å². The predicted molar refractivity (Wildman–Crippen MR) is 95.0 cm³/mol. The Morgan fingerprint density at radius 3 is 2.71 bits per heavy atom. The minimum Gasteiger partial charge on any atom is -0.352 e. The molecule has 1 saturated heterocycles. The third kappa shape index (κ3) is 5.17. The number of halogens is 1. The van der Waals surface area contributed by atoms with Crippen LogP contribution in [0.2, 0.25) is 0 Å². The minimum absolute atomic E-state index is 0. The Labute approximate surface area is 149 Å². The molecule has 0 radical (unpaired) electrons. The van der Waals surface area contributed by atoms with E-state index < -0.39 is 10.0 Å². The zero-order valence-electron chi connectivity index (χ0n) is 13.5. The number of hydrogen-bond donors (Lipinski definition) is 3. The van der Waals surface area contributed by atoms with E-state index in [1.807, 2.05) is 0 Å². The second kappa shape index (κ2) is 8.29. The third-order valence-electron chi connectivity index (χ3n) is 4.31. The van der Waals surface area contributed by atoms with Crippen LogP contribution in [0.25, 0.3) is 0 Å². The molecule has 2 fully saturated rings. The smallest absolute Gasteiger partial charge is 0.251 e. The summed E-state index contributed by atoms with van der Waals surface area (Å²) in [7, 11) is -3.52. The highest BCUT2D eigenvalue weighted by molar-refractivity contribution is 7.89. The van der Waals surface area contributed by atoms with E-state index >= 15 is 0 Å². The van der Waals surface area contributed by atoms with Crippen LogP contribution < -0.4 is 15.4 Å². The number of carbonyl (C=O) groups is 1. The van der Waals surface area contributed by atoms with Crippen LogP contribution in [0.1, 0.15) is 36.0 Å². The van der Waals surface area contributed by atoms with Gasteiger partial charge in [-0.05, 0) is 62.9 Å².